The molecule has 3 N–H and O–H groups in total. The summed E-state index contributed by atoms with van der Waals surface area (Å²) in [4.78, 5) is 12.2. The van der Waals surface area contributed by atoms with Gasteiger partial charge in [-0.2, -0.15) is 0 Å². The summed E-state index contributed by atoms with van der Waals surface area (Å²) in [6.07, 6.45) is 11.8. The Labute approximate surface area is 181 Å². The second-order valence-corrected chi connectivity index (χ2v) is 11.7. The van der Waals surface area contributed by atoms with Crippen molar-refractivity contribution in [3.05, 3.63) is 34.9 Å². The third kappa shape index (κ3) is 3.91. The largest absolute Gasteiger partial charge is 0.325 e. The van der Waals surface area contributed by atoms with E-state index in [2.05, 4.69) is 19.2 Å². The van der Waals surface area contributed by atoms with Crippen LogP contribution in [-0.2, 0) is 10.3 Å². The first-order chi connectivity index (χ1) is 13.6. The number of hydrogen-bond donors (Lipinski definition) is 2. The Morgan fingerprint density at radius 2 is 1.69 bits per heavy atom. The van der Waals surface area contributed by atoms with Crippen molar-refractivity contribution in [1.29, 1.82) is 0 Å². The minimum atomic E-state index is -0.559. The summed E-state index contributed by atoms with van der Waals surface area (Å²) in [7, 11) is 1.84. The van der Waals surface area contributed by atoms with Gasteiger partial charge in [-0.25, -0.2) is 0 Å². The van der Waals surface area contributed by atoms with Gasteiger partial charge >= 0.3 is 0 Å². The van der Waals surface area contributed by atoms with E-state index in [9.17, 15) is 4.79 Å². The number of rotatable bonds is 2. The molecule has 3 unspecified atom stereocenters. The molecule has 4 heteroatoms. The molecular formula is C25H37ClN2O. The Morgan fingerprint density at radius 3 is 2.21 bits per heavy atom. The van der Waals surface area contributed by atoms with Crippen LogP contribution in [0.25, 0.3) is 0 Å². The second kappa shape index (κ2) is 7.35. The summed E-state index contributed by atoms with van der Waals surface area (Å²) < 4.78 is 0. The standard InChI is InChI=1S/C13H16ClNO.C12H21N/c1-15-13(9-5-4-8-12(13)16)10-6-2-3-7-11(10)14;1-10-3-9-4-11(2,6-10)8-12(13,5-9)7-10/h2-3,6-7,15H,4-5,8-9H2,1H3;9H,3-8,13H2,1-2H3. The lowest BCUT2D eigenvalue weighted by atomic mass is 9.43. The van der Waals surface area contributed by atoms with Gasteiger partial charge in [0.15, 0.2) is 5.78 Å². The van der Waals surface area contributed by atoms with Crippen LogP contribution in [0.4, 0.5) is 0 Å². The van der Waals surface area contributed by atoms with Crippen LogP contribution in [0.2, 0.25) is 5.02 Å². The van der Waals surface area contributed by atoms with Gasteiger partial charge in [-0.1, -0.05) is 50.1 Å². The number of likely N-dealkylation sites (N-methyl/N-ethyl adjacent to an activating group) is 1. The summed E-state index contributed by atoms with van der Waals surface area (Å²) in [5.41, 5.74) is 8.28. The van der Waals surface area contributed by atoms with Crippen molar-refractivity contribution in [3.8, 4) is 0 Å². The zero-order valence-corrected chi connectivity index (χ0v) is 19.1. The van der Waals surface area contributed by atoms with E-state index in [1.54, 1.807) is 0 Å². The maximum Gasteiger partial charge on any atom is 0.157 e. The maximum atomic E-state index is 12.2. The van der Waals surface area contributed by atoms with Crippen molar-refractivity contribution in [2.24, 2.45) is 22.5 Å². The van der Waals surface area contributed by atoms with Crippen LogP contribution in [-0.4, -0.2) is 18.4 Å². The van der Waals surface area contributed by atoms with Gasteiger partial charge < -0.3 is 11.1 Å². The average Bonchev–Trinajstić information content (AvgIpc) is 2.59. The number of carbonyl (C=O) groups excluding carboxylic acids is 1. The predicted octanol–water partition coefficient (Wildman–Crippen LogP) is 5.59. The quantitative estimate of drug-likeness (QED) is 0.660. The molecule has 1 aromatic rings. The van der Waals surface area contributed by atoms with E-state index in [1.165, 1.54) is 38.5 Å². The van der Waals surface area contributed by atoms with E-state index in [1.807, 2.05) is 31.3 Å². The van der Waals surface area contributed by atoms with Crippen LogP contribution in [0, 0.1) is 16.7 Å². The van der Waals surface area contributed by atoms with Gasteiger partial charge in [0.2, 0.25) is 0 Å². The fourth-order valence-electron chi connectivity index (χ4n) is 8.06. The molecule has 3 nitrogen and oxygen atoms in total. The van der Waals surface area contributed by atoms with Gasteiger partial charge in [-0.15, -0.1) is 0 Å². The molecule has 1 aromatic carbocycles. The summed E-state index contributed by atoms with van der Waals surface area (Å²) in [5, 5.41) is 3.86. The van der Waals surface area contributed by atoms with E-state index >= 15 is 0 Å². The van der Waals surface area contributed by atoms with Gasteiger partial charge in [0, 0.05) is 17.0 Å². The molecule has 5 aliphatic rings. The first-order valence-electron chi connectivity index (χ1n) is 11.4. The lowest BCUT2D eigenvalue weighted by Crippen LogP contribution is -2.62. The van der Waals surface area contributed by atoms with Gasteiger partial charge in [-0.05, 0) is 86.8 Å². The lowest BCUT2D eigenvalue weighted by molar-refractivity contribution is -0.127. The molecule has 4 bridgehead atoms. The zero-order valence-electron chi connectivity index (χ0n) is 18.3. The number of carbonyl (C=O) groups is 1. The first-order valence-corrected chi connectivity index (χ1v) is 11.8. The Kier molecular flexibility index (Phi) is 5.41. The number of hydrogen-bond acceptors (Lipinski definition) is 3. The minimum Gasteiger partial charge on any atom is -0.325 e. The monoisotopic (exact) mass is 416 g/mol. The molecule has 0 aliphatic heterocycles. The second-order valence-electron chi connectivity index (χ2n) is 11.3. The summed E-state index contributed by atoms with van der Waals surface area (Å²) >= 11 is 6.20. The molecule has 0 heterocycles. The summed E-state index contributed by atoms with van der Waals surface area (Å²) in [6, 6.07) is 7.62. The van der Waals surface area contributed by atoms with Crippen molar-refractivity contribution in [2.75, 3.05) is 7.05 Å². The molecule has 3 atom stereocenters. The molecule has 0 saturated heterocycles. The first kappa shape index (κ1) is 21.3. The molecule has 0 aromatic heterocycles. The highest BCUT2D eigenvalue weighted by molar-refractivity contribution is 6.31. The number of Topliss-reactive ketones (excluding diaryl/α,β-unsaturated/α-hetero) is 1. The van der Waals surface area contributed by atoms with E-state index in [0.717, 1.165) is 30.7 Å². The Balaban J connectivity index is 0.000000144. The average molecular weight is 417 g/mol. The summed E-state index contributed by atoms with van der Waals surface area (Å²) in [5.74, 6) is 1.21. The predicted molar refractivity (Wildman–Crippen MR) is 120 cm³/mol. The van der Waals surface area contributed by atoms with Gasteiger partial charge in [0.25, 0.3) is 0 Å². The van der Waals surface area contributed by atoms with Crippen molar-refractivity contribution in [1.82, 2.24) is 5.32 Å². The lowest BCUT2D eigenvalue weighted by Gasteiger charge is -2.64. The van der Waals surface area contributed by atoms with Crippen molar-refractivity contribution in [3.63, 3.8) is 0 Å². The number of nitrogens with one attached hydrogen (secondary N) is 1. The molecular weight excluding hydrogens is 380 g/mol. The van der Waals surface area contributed by atoms with Gasteiger partial charge in [0.1, 0.15) is 5.54 Å². The molecule has 0 spiro atoms. The topological polar surface area (TPSA) is 55.1 Å². The molecule has 5 fully saturated rings. The van der Waals surface area contributed by atoms with E-state index in [4.69, 9.17) is 17.3 Å². The highest BCUT2D eigenvalue weighted by Crippen LogP contribution is 2.65. The molecule has 0 radical (unpaired) electrons. The highest BCUT2D eigenvalue weighted by atomic mass is 35.5. The molecule has 5 aliphatic carbocycles. The number of benzene rings is 1. The molecule has 0 amide bonds. The van der Waals surface area contributed by atoms with Gasteiger partial charge in [-0.3, -0.25) is 4.79 Å². The van der Waals surface area contributed by atoms with Crippen molar-refractivity contribution < 1.29 is 4.79 Å². The maximum absolute atomic E-state index is 12.2. The van der Waals surface area contributed by atoms with Crippen LogP contribution in [0.1, 0.15) is 83.6 Å². The van der Waals surface area contributed by atoms with E-state index in [-0.39, 0.29) is 11.3 Å². The Bertz CT molecular complexity index is 742. The highest BCUT2D eigenvalue weighted by Gasteiger charge is 2.58. The fraction of sp³-hybridized carbons (Fsp3) is 0.720. The third-order valence-corrected chi connectivity index (χ3v) is 8.44. The molecule has 29 heavy (non-hydrogen) atoms. The Hall–Kier alpha value is -0.900. The molecule has 5 saturated carbocycles. The number of halogens is 1. The van der Waals surface area contributed by atoms with Crippen LogP contribution < -0.4 is 11.1 Å². The molecule has 6 rings (SSSR count). The molecule has 160 valence electrons. The van der Waals surface area contributed by atoms with E-state index in [0.29, 0.717) is 22.3 Å². The third-order valence-electron chi connectivity index (χ3n) is 8.11. The van der Waals surface area contributed by atoms with Crippen LogP contribution >= 0.6 is 11.6 Å². The number of ketones is 1. The van der Waals surface area contributed by atoms with Crippen LogP contribution in [0.5, 0.6) is 0 Å². The summed E-state index contributed by atoms with van der Waals surface area (Å²) in [6.45, 7) is 4.94. The Morgan fingerprint density at radius 1 is 1.03 bits per heavy atom. The normalized spacial score (nSPS) is 43.1. The van der Waals surface area contributed by atoms with Crippen molar-refractivity contribution in [2.45, 2.75) is 89.1 Å². The van der Waals surface area contributed by atoms with Crippen LogP contribution in [0.3, 0.4) is 0 Å². The smallest absolute Gasteiger partial charge is 0.157 e. The zero-order chi connectivity index (χ0) is 20.9. The fourth-order valence-corrected chi connectivity index (χ4v) is 8.35. The SMILES string of the molecule is CC12CC3CC(C)(C1)CC(N)(C3)C2.CNC1(c2ccccc2Cl)CCCCC1=O. The van der Waals surface area contributed by atoms with Gasteiger partial charge in [0.05, 0.1) is 0 Å². The minimum absolute atomic E-state index is 0.225. The van der Waals surface area contributed by atoms with Crippen LogP contribution in [0.15, 0.2) is 24.3 Å². The number of nitrogens with two attached hydrogens (primary N) is 1. The van der Waals surface area contributed by atoms with E-state index < -0.39 is 5.54 Å². The van der Waals surface area contributed by atoms with Crippen molar-refractivity contribution >= 4 is 17.4 Å².